The van der Waals surface area contributed by atoms with Gasteiger partial charge in [-0.1, -0.05) is 18.2 Å². The SMILES string of the molecule is Cc1ccccc1N(C)c1ncc(N)cc1Br. The zero-order valence-corrected chi connectivity index (χ0v) is 11.4. The Morgan fingerprint density at radius 3 is 2.65 bits per heavy atom. The van der Waals surface area contributed by atoms with Crippen LogP contribution in [-0.2, 0) is 0 Å². The van der Waals surface area contributed by atoms with E-state index >= 15 is 0 Å². The molecule has 0 amide bonds. The molecule has 0 unspecified atom stereocenters. The molecule has 3 nitrogen and oxygen atoms in total. The fourth-order valence-electron chi connectivity index (χ4n) is 1.75. The molecule has 0 fully saturated rings. The predicted molar refractivity (Wildman–Crippen MR) is 75.6 cm³/mol. The molecular weight excluding hydrogens is 278 g/mol. The zero-order valence-electron chi connectivity index (χ0n) is 9.81. The fourth-order valence-corrected chi connectivity index (χ4v) is 2.38. The van der Waals surface area contributed by atoms with E-state index in [2.05, 4.69) is 40.0 Å². The molecule has 0 aliphatic rings. The molecular formula is C13H14BrN3. The molecule has 1 aromatic carbocycles. The third kappa shape index (κ3) is 2.42. The maximum Gasteiger partial charge on any atom is 0.147 e. The Morgan fingerprint density at radius 1 is 1.29 bits per heavy atom. The average molecular weight is 292 g/mol. The highest BCUT2D eigenvalue weighted by Crippen LogP contribution is 2.31. The first-order valence-electron chi connectivity index (χ1n) is 5.30. The minimum atomic E-state index is 0.652. The van der Waals surface area contributed by atoms with Crippen LogP contribution in [0.25, 0.3) is 0 Å². The van der Waals surface area contributed by atoms with Gasteiger partial charge in [0, 0.05) is 12.7 Å². The van der Waals surface area contributed by atoms with Crippen molar-refractivity contribution in [2.45, 2.75) is 6.92 Å². The smallest absolute Gasteiger partial charge is 0.147 e. The predicted octanol–water partition coefficient (Wildman–Crippen LogP) is 3.50. The second-order valence-corrected chi connectivity index (χ2v) is 4.77. The number of aromatic nitrogens is 1. The molecule has 1 aromatic heterocycles. The maximum atomic E-state index is 5.69. The number of hydrogen-bond donors (Lipinski definition) is 1. The summed E-state index contributed by atoms with van der Waals surface area (Å²) in [5, 5.41) is 0. The number of nitrogen functional groups attached to an aromatic ring is 1. The molecule has 2 rings (SSSR count). The third-order valence-corrected chi connectivity index (χ3v) is 3.22. The van der Waals surface area contributed by atoms with Crippen molar-refractivity contribution in [2.24, 2.45) is 0 Å². The van der Waals surface area contributed by atoms with E-state index < -0.39 is 0 Å². The number of nitrogens with two attached hydrogens (primary N) is 1. The van der Waals surface area contributed by atoms with Crippen LogP contribution in [0.2, 0.25) is 0 Å². The number of pyridine rings is 1. The molecule has 0 saturated heterocycles. The summed E-state index contributed by atoms with van der Waals surface area (Å²) < 4.78 is 0.892. The molecule has 1 heterocycles. The number of rotatable bonds is 2. The minimum Gasteiger partial charge on any atom is -0.397 e. The van der Waals surface area contributed by atoms with Gasteiger partial charge in [0.15, 0.2) is 0 Å². The lowest BCUT2D eigenvalue weighted by Crippen LogP contribution is -2.13. The molecule has 0 aliphatic carbocycles. The maximum absolute atomic E-state index is 5.69. The Hall–Kier alpha value is -1.55. The van der Waals surface area contributed by atoms with E-state index in [4.69, 9.17) is 5.73 Å². The summed E-state index contributed by atoms with van der Waals surface area (Å²) in [5.41, 5.74) is 8.68. The minimum absolute atomic E-state index is 0.652. The zero-order chi connectivity index (χ0) is 12.4. The van der Waals surface area contributed by atoms with Crippen molar-refractivity contribution >= 4 is 33.1 Å². The van der Waals surface area contributed by atoms with Crippen LogP contribution in [0.4, 0.5) is 17.2 Å². The molecule has 0 spiro atoms. The van der Waals surface area contributed by atoms with E-state index in [1.54, 1.807) is 6.20 Å². The van der Waals surface area contributed by atoms with Crippen molar-refractivity contribution in [3.63, 3.8) is 0 Å². The second kappa shape index (κ2) is 4.75. The van der Waals surface area contributed by atoms with Gasteiger partial charge >= 0.3 is 0 Å². The second-order valence-electron chi connectivity index (χ2n) is 3.92. The normalized spacial score (nSPS) is 10.3. The molecule has 0 radical (unpaired) electrons. The number of para-hydroxylation sites is 1. The van der Waals surface area contributed by atoms with Gasteiger partial charge in [-0.3, -0.25) is 0 Å². The van der Waals surface area contributed by atoms with Crippen LogP contribution < -0.4 is 10.6 Å². The largest absolute Gasteiger partial charge is 0.397 e. The Balaban J connectivity index is 2.44. The van der Waals surface area contributed by atoms with E-state index in [1.807, 2.05) is 30.1 Å². The van der Waals surface area contributed by atoms with Crippen molar-refractivity contribution in [1.82, 2.24) is 4.98 Å². The monoisotopic (exact) mass is 291 g/mol. The first-order valence-corrected chi connectivity index (χ1v) is 6.09. The number of halogens is 1. The highest BCUT2D eigenvalue weighted by Gasteiger charge is 2.11. The molecule has 0 atom stereocenters. The Kier molecular flexibility index (Phi) is 3.33. The molecule has 88 valence electrons. The van der Waals surface area contributed by atoms with Gasteiger partial charge in [0.1, 0.15) is 5.82 Å². The van der Waals surface area contributed by atoms with Crippen LogP contribution in [0.5, 0.6) is 0 Å². The highest BCUT2D eigenvalue weighted by atomic mass is 79.9. The van der Waals surface area contributed by atoms with Crippen molar-refractivity contribution in [3.8, 4) is 0 Å². The molecule has 2 aromatic rings. The number of benzene rings is 1. The highest BCUT2D eigenvalue weighted by molar-refractivity contribution is 9.10. The molecule has 2 N–H and O–H groups in total. The van der Waals surface area contributed by atoms with Gasteiger partial charge < -0.3 is 10.6 Å². The van der Waals surface area contributed by atoms with Crippen LogP contribution in [0.3, 0.4) is 0 Å². The van der Waals surface area contributed by atoms with Crippen LogP contribution >= 0.6 is 15.9 Å². The summed E-state index contributed by atoms with van der Waals surface area (Å²) in [5.74, 6) is 0.855. The topological polar surface area (TPSA) is 42.2 Å². The van der Waals surface area contributed by atoms with E-state index in [0.717, 1.165) is 16.0 Å². The van der Waals surface area contributed by atoms with Crippen LogP contribution in [0.15, 0.2) is 41.0 Å². The lowest BCUT2D eigenvalue weighted by atomic mass is 10.2. The summed E-state index contributed by atoms with van der Waals surface area (Å²) in [6.45, 7) is 2.08. The van der Waals surface area contributed by atoms with E-state index in [1.165, 1.54) is 5.56 Å². The standard InChI is InChI=1S/C13H14BrN3/c1-9-5-3-4-6-12(9)17(2)13-11(14)7-10(15)8-16-13/h3-8H,15H2,1-2H3. The van der Waals surface area contributed by atoms with Crippen LogP contribution in [0.1, 0.15) is 5.56 Å². The number of aryl methyl sites for hydroxylation is 1. The number of anilines is 3. The van der Waals surface area contributed by atoms with Crippen molar-refractivity contribution < 1.29 is 0 Å². The summed E-state index contributed by atoms with van der Waals surface area (Å²) in [6, 6.07) is 10.1. The van der Waals surface area contributed by atoms with Gasteiger partial charge in [-0.25, -0.2) is 4.98 Å². The van der Waals surface area contributed by atoms with Crippen LogP contribution in [0, 0.1) is 6.92 Å². The van der Waals surface area contributed by atoms with Crippen LogP contribution in [-0.4, -0.2) is 12.0 Å². The first kappa shape index (κ1) is 11.9. The molecule has 17 heavy (non-hydrogen) atoms. The summed E-state index contributed by atoms with van der Waals surface area (Å²) in [6.07, 6.45) is 1.66. The Morgan fingerprint density at radius 2 is 2.00 bits per heavy atom. The number of nitrogens with zero attached hydrogens (tertiary/aromatic N) is 2. The average Bonchev–Trinajstić information content (AvgIpc) is 2.29. The summed E-state index contributed by atoms with van der Waals surface area (Å²) >= 11 is 3.49. The third-order valence-electron chi connectivity index (χ3n) is 2.64. The fraction of sp³-hybridized carbons (Fsp3) is 0.154. The Bertz CT molecular complexity index is 540. The lowest BCUT2D eigenvalue weighted by molar-refractivity contribution is 1.11. The lowest BCUT2D eigenvalue weighted by Gasteiger charge is -2.21. The van der Waals surface area contributed by atoms with Crippen molar-refractivity contribution in [2.75, 3.05) is 17.7 Å². The van der Waals surface area contributed by atoms with Crippen molar-refractivity contribution in [3.05, 3.63) is 46.6 Å². The van der Waals surface area contributed by atoms with E-state index in [-0.39, 0.29) is 0 Å². The van der Waals surface area contributed by atoms with Gasteiger partial charge in [-0.2, -0.15) is 0 Å². The summed E-state index contributed by atoms with van der Waals surface area (Å²) in [7, 11) is 1.99. The van der Waals surface area contributed by atoms with Gasteiger partial charge in [0.25, 0.3) is 0 Å². The first-order chi connectivity index (χ1) is 8.09. The van der Waals surface area contributed by atoms with Gasteiger partial charge in [-0.15, -0.1) is 0 Å². The molecule has 0 bridgehead atoms. The quantitative estimate of drug-likeness (QED) is 0.921. The Labute approximate surface area is 109 Å². The van der Waals surface area contributed by atoms with E-state index in [0.29, 0.717) is 5.69 Å². The van der Waals surface area contributed by atoms with Gasteiger partial charge in [-0.05, 0) is 40.5 Å². The molecule has 0 saturated carbocycles. The summed E-state index contributed by atoms with van der Waals surface area (Å²) in [4.78, 5) is 6.39. The molecule has 0 aliphatic heterocycles. The van der Waals surface area contributed by atoms with Gasteiger partial charge in [0.05, 0.1) is 16.4 Å². The van der Waals surface area contributed by atoms with Gasteiger partial charge in [0.2, 0.25) is 0 Å². The van der Waals surface area contributed by atoms with E-state index in [9.17, 15) is 0 Å². The number of hydrogen-bond acceptors (Lipinski definition) is 3. The van der Waals surface area contributed by atoms with Crippen molar-refractivity contribution in [1.29, 1.82) is 0 Å². The molecule has 4 heteroatoms.